The lowest BCUT2D eigenvalue weighted by atomic mass is 9.96. The maximum absolute atomic E-state index is 13.6. The van der Waals surface area contributed by atoms with Gasteiger partial charge in [-0.25, -0.2) is 14.4 Å². The molecule has 0 radical (unpaired) electrons. The molecule has 0 bridgehead atoms. The molecule has 1 N–H and O–H groups in total. The first kappa shape index (κ1) is 20.9. The number of carbonyl (C=O) groups excluding carboxylic acids is 1. The Kier molecular flexibility index (Phi) is 6.21. The predicted octanol–water partition coefficient (Wildman–Crippen LogP) is 4.78. The van der Waals surface area contributed by atoms with Gasteiger partial charge >= 0.3 is 0 Å². The monoisotopic (exact) mass is 419 g/mol. The highest BCUT2D eigenvalue weighted by Gasteiger charge is 2.28. The number of likely N-dealkylation sites (tertiary alicyclic amines) is 1. The quantitative estimate of drug-likeness (QED) is 0.644. The van der Waals surface area contributed by atoms with Crippen molar-refractivity contribution in [2.75, 3.05) is 18.4 Å². The van der Waals surface area contributed by atoms with E-state index in [1.54, 1.807) is 24.5 Å². The zero-order valence-electron chi connectivity index (χ0n) is 17.8. The first-order chi connectivity index (χ1) is 15.0. The number of piperidine rings is 1. The second kappa shape index (κ2) is 9.20. The summed E-state index contributed by atoms with van der Waals surface area (Å²) in [5.74, 6) is 1.11. The molecule has 3 aromatic rings. The van der Waals surface area contributed by atoms with Gasteiger partial charge in [-0.05, 0) is 43.2 Å². The van der Waals surface area contributed by atoms with Gasteiger partial charge in [0.2, 0.25) is 5.91 Å². The zero-order chi connectivity index (χ0) is 21.8. The maximum atomic E-state index is 13.6. The van der Waals surface area contributed by atoms with E-state index >= 15 is 0 Å². The second-order valence-corrected chi connectivity index (χ2v) is 8.15. The molecule has 1 aromatic carbocycles. The number of aromatic nitrogens is 3. The minimum absolute atomic E-state index is 0.0356. The summed E-state index contributed by atoms with van der Waals surface area (Å²) in [5.41, 5.74) is 2.23. The Balaban J connectivity index is 1.68. The van der Waals surface area contributed by atoms with Crippen molar-refractivity contribution in [3.05, 3.63) is 66.5 Å². The van der Waals surface area contributed by atoms with Gasteiger partial charge in [0.05, 0.1) is 5.69 Å². The topological polar surface area (TPSA) is 71.0 Å². The van der Waals surface area contributed by atoms with Crippen molar-refractivity contribution in [2.24, 2.45) is 5.92 Å². The lowest BCUT2D eigenvalue weighted by molar-refractivity contribution is -0.135. The number of benzene rings is 1. The highest BCUT2D eigenvalue weighted by molar-refractivity contribution is 5.78. The third-order valence-electron chi connectivity index (χ3n) is 5.39. The summed E-state index contributed by atoms with van der Waals surface area (Å²) in [5, 5.41) is 3.19. The Labute approximate surface area is 181 Å². The second-order valence-electron chi connectivity index (χ2n) is 8.15. The predicted molar refractivity (Wildman–Crippen MR) is 118 cm³/mol. The SMILES string of the molecule is CC(C)C(=O)N1CCC[C@H](c2nc(Nc3cccc(F)c3)cc(-c3cccnc3)n2)C1. The Morgan fingerprint density at radius 1 is 1.19 bits per heavy atom. The van der Waals surface area contributed by atoms with Crippen molar-refractivity contribution in [3.8, 4) is 11.3 Å². The molecule has 1 saturated heterocycles. The highest BCUT2D eigenvalue weighted by atomic mass is 19.1. The van der Waals surface area contributed by atoms with E-state index in [1.807, 2.05) is 36.9 Å². The molecule has 1 aliphatic heterocycles. The van der Waals surface area contributed by atoms with Crippen LogP contribution in [0.3, 0.4) is 0 Å². The van der Waals surface area contributed by atoms with Gasteiger partial charge in [0.25, 0.3) is 0 Å². The van der Waals surface area contributed by atoms with Crippen LogP contribution < -0.4 is 5.32 Å². The van der Waals surface area contributed by atoms with Gasteiger partial charge in [-0.2, -0.15) is 0 Å². The van der Waals surface area contributed by atoms with Crippen LogP contribution in [0.5, 0.6) is 0 Å². The molecule has 2 aromatic heterocycles. The van der Waals surface area contributed by atoms with Gasteiger partial charge < -0.3 is 10.2 Å². The van der Waals surface area contributed by atoms with Gasteiger partial charge in [0.1, 0.15) is 17.5 Å². The molecule has 4 rings (SSSR count). The average molecular weight is 420 g/mol. The minimum Gasteiger partial charge on any atom is -0.342 e. The van der Waals surface area contributed by atoms with E-state index in [2.05, 4.69) is 10.3 Å². The summed E-state index contributed by atoms with van der Waals surface area (Å²) < 4.78 is 13.6. The molecule has 1 atom stereocenters. The van der Waals surface area contributed by atoms with Crippen LogP contribution in [0.25, 0.3) is 11.3 Å². The minimum atomic E-state index is -0.318. The van der Waals surface area contributed by atoms with Crippen molar-refractivity contribution in [1.29, 1.82) is 0 Å². The third kappa shape index (κ3) is 5.05. The molecule has 1 amide bonds. The number of nitrogens with zero attached hydrogens (tertiary/aromatic N) is 4. The molecular weight excluding hydrogens is 393 g/mol. The number of hydrogen-bond acceptors (Lipinski definition) is 5. The summed E-state index contributed by atoms with van der Waals surface area (Å²) in [4.78, 5) is 28.2. The van der Waals surface area contributed by atoms with Crippen molar-refractivity contribution in [1.82, 2.24) is 19.9 Å². The van der Waals surface area contributed by atoms with Crippen LogP contribution in [-0.4, -0.2) is 38.8 Å². The van der Waals surface area contributed by atoms with Crippen molar-refractivity contribution < 1.29 is 9.18 Å². The van der Waals surface area contributed by atoms with Gasteiger partial charge in [0, 0.05) is 54.6 Å². The van der Waals surface area contributed by atoms with Crippen molar-refractivity contribution in [2.45, 2.75) is 32.6 Å². The molecular formula is C24H26FN5O. The van der Waals surface area contributed by atoms with Gasteiger partial charge in [-0.15, -0.1) is 0 Å². The van der Waals surface area contributed by atoms with E-state index in [9.17, 15) is 9.18 Å². The summed E-state index contributed by atoms with van der Waals surface area (Å²) in [6, 6.07) is 11.9. The van der Waals surface area contributed by atoms with E-state index in [0.717, 1.165) is 30.6 Å². The van der Waals surface area contributed by atoms with Crippen molar-refractivity contribution >= 4 is 17.4 Å². The van der Waals surface area contributed by atoms with Gasteiger partial charge in [-0.3, -0.25) is 9.78 Å². The largest absolute Gasteiger partial charge is 0.342 e. The summed E-state index contributed by atoms with van der Waals surface area (Å²) in [6.45, 7) is 5.22. The van der Waals surface area contributed by atoms with Crippen LogP contribution in [0.2, 0.25) is 0 Å². The average Bonchev–Trinajstić information content (AvgIpc) is 2.79. The number of pyridine rings is 1. The number of rotatable bonds is 5. The van der Waals surface area contributed by atoms with Crippen molar-refractivity contribution in [3.63, 3.8) is 0 Å². The van der Waals surface area contributed by atoms with Gasteiger partial charge in [0.15, 0.2) is 0 Å². The van der Waals surface area contributed by atoms with Crippen LogP contribution in [-0.2, 0) is 4.79 Å². The van der Waals surface area contributed by atoms with Gasteiger partial charge in [-0.1, -0.05) is 19.9 Å². The number of carbonyl (C=O) groups is 1. The van der Waals surface area contributed by atoms with Crippen LogP contribution in [0.15, 0.2) is 54.9 Å². The van der Waals surface area contributed by atoms with E-state index < -0.39 is 0 Å². The Bertz CT molecular complexity index is 1060. The standard InChI is InChI=1S/C24H26FN5O/c1-16(2)24(31)30-11-5-7-18(15-30)23-28-21(17-6-4-10-26-14-17)13-22(29-23)27-20-9-3-8-19(25)12-20/h3-4,6,8-10,12-14,16,18H,5,7,11,15H2,1-2H3,(H,27,28,29)/t18-/m0/s1. The summed E-state index contributed by atoms with van der Waals surface area (Å²) >= 11 is 0. The first-order valence-electron chi connectivity index (χ1n) is 10.6. The third-order valence-corrected chi connectivity index (χ3v) is 5.39. The molecule has 0 aliphatic carbocycles. The molecule has 6 nitrogen and oxygen atoms in total. The Morgan fingerprint density at radius 3 is 2.81 bits per heavy atom. The number of anilines is 2. The Hall–Kier alpha value is -3.35. The van der Waals surface area contributed by atoms with Crippen LogP contribution in [0.4, 0.5) is 15.9 Å². The molecule has 31 heavy (non-hydrogen) atoms. The molecule has 160 valence electrons. The van der Waals surface area contributed by atoms with Crippen LogP contribution >= 0.6 is 0 Å². The van der Waals surface area contributed by atoms with Crippen LogP contribution in [0.1, 0.15) is 38.4 Å². The number of hydrogen-bond donors (Lipinski definition) is 1. The first-order valence-corrected chi connectivity index (χ1v) is 10.6. The molecule has 0 saturated carbocycles. The number of halogens is 1. The Morgan fingerprint density at radius 2 is 2.06 bits per heavy atom. The summed E-state index contributed by atoms with van der Waals surface area (Å²) in [6.07, 6.45) is 5.30. The van der Waals surface area contributed by atoms with E-state index in [1.165, 1.54) is 12.1 Å². The highest BCUT2D eigenvalue weighted by Crippen LogP contribution is 2.29. The summed E-state index contributed by atoms with van der Waals surface area (Å²) in [7, 11) is 0. The van der Waals surface area contributed by atoms with Crippen LogP contribution in [0, 0.1) is 11.7 Å². The lowest BCUT2D eigenvalue weighted by Crippen LogP contribution is -2.41. The lowest BCUT2D eigenvalue weighted by Gasteiger charge is -2.33. The fraction of sp³-hybridized carbons (Fsp3) is 0.333. The normalized spacial score (nSPS) is 16.4. The fourth-order valence-corrected chi connectivity index (χ4v) is 3.84. The number of amides is 1. The number of nitrogens with one attached hydrogen (secondary N) is 1. The fourth-order valence-electron chi connectivity index (χ4n) is 3.84. The molecule has 0 unspecified atom stereocenters. The smallest absolute Gasteiger partial charge is 0.225 e. The maximum Gasteiger partial charge on any atom is 0.225 e. The van der Waals surface area contributed by atoms with E-state index in [4.69, 9.17) is 9.97 Å². The molecule has 3 heterocycles. The van der Waals surface area contributed by atoms with E-state index in [-0.39, 0.29) is 23.6 Å². The molecule has 1 fully saturated rings. The molecule has 0 spiro atoms. The molecule has 1 aliphatic rings. The zero-order valence-corrected chi connectivity index (χ0v) is 17.8. The molecule has 7 heteroatoms. The van der Waals surface area contributed by atoms with E-state index in [0.29, 0.717) is 23.9 Å².